The molecule has 2 heteroatoms. The lowest BCUT2D eigenvalue weighted by Gasteiger charge is -2.16. The van der Waals surface area contributed by atoms with Crippen LogP contribution >= 0.6 is 0 Å². The van der Waals surface area contributed by atoms with Gasteiger partial charge in [-0.3, -0.25) is 0 Å². The molecule has 2 fully saturated rings. The molecule has 1 aliphatic heterocycles. The molecule has 0 aromatic carbocycles. The molecule has 0 spiro atoms. The van der Waals surface area contributed by atoms with E-state index in [9.17, 15) is 0 Å². The summed E-state index contributed by atoms with van der Waals surface area (Å²) in [7, 11) is 0. The zero-order valence-electron chi connectivity index (χ0n) is 10.7. The minimum atomic E-state index is 0.576. The van der Waals surface area contributed by atoms with E-state index in [0.29, 0.717) is 6.10 Å². The van der Waals surface area contributed by atoms with Crippen molar-refractivity contribution < 1.29 is 4.74 Å². The van der Waals surface area contributed by atoms with Gasteiger partial charge >= 0.3 is 0 Å². The Balaban J connectivity index is 1.45. The van der Waals surface area contributed by atoms with Crippen LogP contribution in [0.4, 0.5) is 0 Å². The first kappa shape index (κ1) is 12.4. The highest BCUT2D eigenvalue weighted by molar-refractivity contribution is 4.76. The smallest absolute Gasteiger partial charge is 0.0576 e. The van der Waals surface area contributed by atoms with Gasteiger partial charge in [0.05, 0.1) is 6.10 Å². The average molecular weight is 225 g/mol. The van der Waals surface area contributed by atoms with Crippen molar-refractivity contribution in [1.82, 2.24) is 5.32 Å². The van der Waals surface area contributed by atoms with Gasteiger partial charge in [0.1, 0.15) is 0 Å². The summed E-state index contributed by atoms with van der Waals surface area (Å²) in [6.07, 6.45) is 10.0. The number of hydrogen-bond donors (Lipinski definition) is 1. The van der Waals surface area contributed by atoms with Gasteiger partial charge in [-0.15, -0.1) is 0 Å². The van der Waals surface area contributed by atoms with Crippen LogP contribution in [-0.2, 0) is 4.74 Å². The van der Waals surface area contributed by atoms with E-state index >= 15 is 0 Å². The third kappa shape index (κ3) is 3.74. The third-order valence-corrected chi connectivity index (χ3v) is 4.35. The summed E-state index contributed by atoms with van der Waals surface area (Å²) in [6, 6.07) is 0. The molecule has 0 radical (unpaired) electrons. The Labute approximate surface area is 100 Å². The molecule has 0 bridgehead atoms. The van der Waals surface area contributed by atoms with E-state index in [2.05, 4.69) is 12.2 Å². The Morgan fingerprint density at radius 2 is 2.12 bits per heavy atom. The Kier molecular flexibility index (Phi) is 5.11. The monoisotopic (exact) mass is 225 g/mol. The lowest BCUT2D eigenvalue weighted by molar-refractivity contribution is 0.102. The van der Waals surface area contributed by atoms with Crippen molar-refractivity contribution in [2.75, 3.05) is 19.7 Å². The maximum atomic E-state index is 5.62. The van der Waals surface area contributed by atoms with Gasteiger partial charge in [-0.2, -0.15) is 0 Å². The van der Waals surface area contributed by atoms with E-state index in [-0.39, 0.29) is 0 Å². The van der Waals surface area contributed by atoms with E-state index in [1.165, 1.54) is 58.0 Å². The summed E-state index contributed by atoms with van der Waals surface area (Å²) in [4.78, 5) is 0. The van der Waals surface area contributed by atoms with Crippen molar-refractivity contribution in [3.8, 4) is 0 Å². The molecule has 2 rings (SSSR count). The first-order chi connectivity index (χ1) is 7.86. The maximum absolute atomic E-state index is 5.62. The lowest BCUT2D eigenvalue weighted by atomic mass is 9.98. The number of nitrogens with one attached hydrogen (secondary N) is 1. The van der Waals surface area contributed by atoms with E-state index in [1.807, 2.05) is 0 Å². The predicted octanol–water partition coefficient (Wildman–Crippen LogP) is 2.97. The van der Waals surface area contributed by atoms with Crippen LogP contribution in [0.15, 0.2) is 0 Å². The van der Waals surface area contributed by atoms with Gasteiger partial charge in [0.2, 0.25) is 0 Å². The molecule has 2 nitrogen and oxygen atoms in total. The van der Waals surface area contributed by atoms with E-state index in [4.69, 9.17) is 4.74 Å². The van der Waals surface area contributed by atoms with Crippen molar-refractivity contribution >= 4 is 0 Å². The fourth-order valence-corrected chi connectivity index (χ4v) is 3.14. The van der Waals surface area contributed by atoms with Gasteiger partial charge in [0.25, 0.3) is 0 Å². The van der Waals surface area contributed by atoms with Crippen LogP contribution in [0.5, 0.6) is 0 Å². The predicted molar refractivity (Wildman–Crippen MR) is 67.6 cm³/mol. The topological polar surface area (TPSA) is 21.3 Å². The van der Waals surface area contributed by atoms with Crippen LogP contribution in [0, 0.1) is 11.8 Å². The highest BCUT2D eigenvalue weighted by atomic mass is 16.5. The van der Waals surface area contributed by atoms with Gasteiger partial charge in [0, 0.05) is 6.61 Å². The van der Waals surface area contributed by atoms with E-state index < -0.39 is 0 Å². The normalized spacial score (nSPS) is 34.7. The molecule has 94 valence electrons. The van der Waals surface area contributed by atoms with Crippen molar-refractivity contribution in [1.29, 1.82) is 0 Å². The Hall–Kier alpha value is -0.0800. The zero-order chi connectivity index (χ0) is 11.2. The fraction of sp³-hybridized carbons (Fsp3) is 1.00. The molecule has 1 saturated heterocycles. The quantitative estimate of drug-likeness (QED) is 0.702. The van der Waals surface area contributed by atoms with Crippen molar-refractivity contribution in [2.45, 2.75) is 58.0 Å². The van der Waals surface area contributed by atoms with Gasteiger partial charge in [-0.25, -0.2) is 0 Å². The summed E-state index contributed by atoms with van der Waals surface area (Å²) in [6.45, 7) is 5.83. The second-order valence-corrected chi connectivity index (χ2v) is 5.65. The molecule has 0 aromatic rings. The summed E-state index contributed by atoms with van der Waals surface area (Å²) < 4.78 is 5.62. The Bertz CT molecular complexity index is 189. The minimum absolute atomic E-state index is 0.576. The number of hydrogen-bond acceptors (Lipinski definition) is 2. The van der Waals surface area contributed by atoms with Crippen LogP contribution in [0.2, 0.25) is 0 Å². The summed E-state index contributed by atoms with van der Waals surface area (Å²) in [5.41, 5.74) is 0. The molecule has 0 amide bonds. The first-order valence-electron chi connectivity index (χ1n) is 7.18. The highest BCUT2D eigenvalue weighted by Crippen LogP contribution is 2.30. The van der Waals surface area contributed by atoms with Crippen LogP contribution in [-0.4, -0.2) is 25.8 Å². The first-order valence-corrected chi connectivity index (χ1v) is 7.18. The van der Waals surface area contributed by atoms with Crippen LogP contribution in [0.1, 0.15) is 51.9 Å². The largest absolute Gasteiger partial charge is 0.378 e. The lowest BCUT2D eigenvalue weighted by Crippen LogP contribution is -2.25. The van der Waals surface area contributed by atoms with Gasteiger partial charge in [-0.05, 0) is 57.0 Å². The second-order valence-electron chi connectivity index (χ2n) is 5.65. The molecule has 1 heterocycles. The SMILES string of the molecule is CC1CCCC1CNCCCC1CCCO1. The third-order valence-electron chi connectivity index (χ3n) is 4.35. The van der Waals surface area contributed by atoms with Crippen LogP contribution < -0.4 is 5.32 Å². The van der Waals surface area contributed by atoms with Crippen LogP contribution in [0.25, 0.3) is 0 Å². The minimum Gasteiger partial charge on any atom is -0.378 e. The average Bonchev–Trinajstić information content (AvgIpc) is 2.90. The summed E-state index contributed by atoms with van der Waals surface area (Å²) >= 11 is 0. The molecule has 1 saturated carbocycles. The van der Waals surface area contributed by atoms with Crippen LogP contribution in [0.3, 0.4) is 0 Å². The van der Waals surface area contributed by atoms with Crippen molar-refractivity contribution in [3.63, 3.8) is 0 Å². The molecule has 1 aliphatic carbocycles. The van der Waals surface area contributed by atoms with Crippen molar-refractivity contribution in [2.24, 2.45) is 11.8 Å². The summed E-state index contributed by atoms with van der Waals surface area (Å²) in [5.74, 6) is 1.90. The number of rotatable bonds is 6. The van der Waals surface area contributed by atoms with Gasteiger partial charge < -0.3 is 10.1 Å². The molecule has 1 N–H and O–H groups in total. The molecule has 3 atom stereocenters. The molecule has 0 aromatic heterocycles. The molecule has 16 heavy (non-hydrogen) atoms. The molecule has 2 aliphatic rings. The Morgan fingerprint density at radius 1 is 1.19 bits per heavy atom. The Morgan fingerprint density at radius 3 is 2.81 bits per heavy atom. The van der Waals surface area contributed by atoms with Gasteiger partial charge in [0.15, 0.2) is 0 Å². The highest BCUT2D eigenvalue weighted by Gasteiger charge is 2.22. The number of ether oxygens (including phenoxy) is 1. The summed E-state index contributed by atoms with van der Waals surface area (Å²) in [5, 5.41) is 3.63. The molecular formula is C14H27NO. The van der Waals surface area contributed by atoms with Gasteiger partial charge in [-0.1, -0.05) is 19.8 Å². The van der Waals surface area contributed by atoms with E-state index in [0.717, 1.165) is 18.4 Å². The molecule has 3 unspecified atom stereocenters. The molecular weight excluding hydrogens is 198 g/mol. The zero-order valence-corrected chi connectivity index (χ0v) is 10.7. The maximum Gasteiger partial charge on any atom is 0.0576 e. The second kappa shape index (κ2) is 6.61. The standard InChI is InChI=1S/C14H27NO/c1-12-5-2-6-13(12)11-15-9-3-7-14-8-4-10-16-14/h12-15H,2-11H2,1H3. The van der Waals surface area contributed by atoms with Crippen molar-refractivity contribution in [3.05, 3.63) is 0 Å². The van der Waals surface area contributed by atoms with E-state index in [1.54, 1.807) is 0 Å². The fourth-order valence-electron chi connectivity index (χ4n) is 3.14.